The fourth-order valence-corrected chi connectivity index (χ4v) is 4.56. The molecule has 0 aliphatic carbocycles. The van der Waals surface area contributed by atoms with Gasteiger partial charge in [-0.1, -0.05) is 0 Å². The number of rotatable bonds is 3. The summed E-state index contributed by atoms with van der Waals surface area (Å²) in [5, 5.41) is 0. The first-order valence-corrected chi connectivity index (χ1v) is 8.16. The Kier molecular flexibility index (Phi) is 3.51. The smallest absolute Gasteiger partial charge is 0.246 e. The zero-order valence-corrected chi connectivity index (χ0v) is 13.4. The zero-order valence-electron chi connectivity index (χ0n) is 12.6. The lowest BCUT2D eigenvalue weighted by molar-refractivity contribution is -0.143. The highest BCUT2D eigenvalue weighted by Crippen LogP contribution is 2.47. The molecule has 2 atom stereocenters. The van der Waals surface area contributed by atoms with Gasteiger partial charge in [0.05, 0.1) is 11.4 Å². The Bertz CT molecular complexity index is 585. The second-order valence-electron chi connectivity index (χ2n) is 5.97. The Labute approximate surface area is 128 Å². The standard InChI is InChI=1S/C15H20N2O3S/c1-10-4-5-11(20-10)8-16(3)14(19)12-9-21-15(2)7-6-13(18)17(12)15/h4-5,12H,6-9H2,1-3H3. The van der Waals surface area contributed by atoms with Gasteiger partial charge in [0.2, 0.25) is 11.8 Å². The van der Waals surface area contributed by atoms with Crippen LogP contribution >= 0.6 is 11.8 Å². The van der Waals surface area contributed by atoms with Crippen LogP contribution in [0.25, 0.3) is 0 Å². The van der Waals surface area contributed by atoms with Gasteiger partial charge in [0.1, 0.15) is 17.6 Å². The number of likely N-dealkylation sites (N-methyl/N-ethyl adjacent to an activating group) is 1. The Morgan fingerprint density at radius 3 is 3.00 bits per heavy atom. The second kappa shape index (κ2) is 5.09. The van der Waals surface area contributed by atoms with E-state index in [4.69, 9.17) is 4.42 Å². The number of carbonyl (C=O) groups excluding carboxylic acids is 2. The molecule has 1 aromatic rings. The summed E-state index contributed by atoms with van der Waals surface area (Å²) in [6, 6.07) is 3.43. The first-order chi connectivity index (χ1) is 9.90. The van der Waals surface area contributed by atoms with Gasteiger partial charge in [0.15, 0.2) is 0 Å². The number of furan rings is 1. The highest BCUT2D eigenvalue weighted by Gasteiger charge is 2.53. The van der Waals surface area contributed by atoms with Gasteiger partial charge in [-0.2, -0.15) is 0 Å². The van der Waals surface area contributed by atoms with Crippen LogP contribution in [0.1, 0.15) is 31.3 Å². The lowest BCUT2D eigenvalue weighted by Crippen LogP contribution is -2.50. The largest absolute Gasteiger partial charge is 0.464 e. The molecule has 2 fully saturated rings. The van der Waals surface area contributed by atoms with Crippen molar-refractivity contribution in [2.24, 2.45) is 0 Å². The fourth-order valence-electron chi connectivity index (χ4n) is 3.14. The summed E-state index contributed by atoms with van der Waals surface area (Å²) in [6.45, 7) is 4.38. The van der Waals surface area contributed by atoms with Crippen molar-refractivity contribution in [1.29, 1.82) is 0 Å². The van der Waals surface area contributed by atoms with Crippen LogP contribution in [-0.2, 0) is 16.1 Å². The summed E-state index contributed by atoms with van der Waals surface area (Å²) >= 11 is 1.72. The SMILES string of the molecule is Cc1ccc(CN(C)C(=O)C2CSC3(C)CCC(=O)N23)o1. The van der Waals surface area contributed by atoms with Crippen molar-refractivity contribution in [3.63, 3.8) is 0 Å². The van der Waals surface area contributed by atoms with E-state index >= 15 is 0 Å². The molecule has 6 heteroatoms. The van der Waals surface area contributed by atoms with Crippen LogP contribution in [0.4, 0.5) is 0 Å². The maximum absolute atomic E-state index is 12.7. The molecular weight excluding hydrogens is 288 g/mol. The summed E-state index contributed by atoms with van der Waals surface area (Å²) in [6.07, 6.45) is 1.38. The van der Waals surface area contributed by atoms with Crippen LogP contribution in [0.3, 0.4) is 0 Å². The van der Waals surface area contributed by atoms with Gasteiger partial charge in [0, 0.05) is 19.2 Å². The molecular formula is C15H20N2O3S. The molecule has 2 unspecified atom stereocenters. The average Bonchev–Trinajstić information content (AvgIpc) is 3.06. The molecule has 0 aromatic carbocycles. The molecule has 0 saturated carbocycles. The monoisotopic (exact) mass is 308 g/mol. The van der Waals surface area contributed by atoms with Gasteiger partial charge in [0.25, 0.3) is 0 Å². The topological polar surface area (TPSA) is 53.8 Å². The van der Waals surface area contributed by atoms with Crippen molar-refractivity contribution in [2.75, 3.05) is 12.8 Å². The Morgan fingerprint density at radius 2 is 2.33 bits per heavy atom. The molecule has 0 radical (unpaired) electrons. The third-order valence-corrected chi connectivity index (χ3v) is 5.80. The van der Waals surface area contributed by atoms with Crippen LogP contribution < -0.4 is 0 Å². The molecule has 3 rings (SSSR count). The molecule has 2 aliphatic heterocycles. The number of hydrogen-bond donors (Lipinski definition) is 0. The predicted molar refractivity (Wildman–Crippen MR) is 80.7 cm³/mol. The molecule has 114 valence electrons. The molecule has 2 aliphatic rings. The van der Waals surface area contributed by atoms with E-state index in [1.54, 1.807) is 28.6 Å². The molecule has 21 heavy (non-hydrogen) atoms. The zero-order chi connectivity index (χ0) is 15.2. The van der Waals surface area contributed by atoms with E-state index in [2.05, 4.69) is 6.92 Å². The number of fused-ring (bicyclic) bond motifs is 1. The van der Waals surface area contributed by atoms with Gasteiger partial charge < -0.3 is 14.2 Å². The summed E-state index contributed by atoms with van der Waals surface area (Å²) < 4.78 is 5.51. The van der Waals surface area contributed by atoms with Crippen molar-refractivity contribution in [1.82, 2.24) is 9.80 Å². The average molecular weight is 308 g/mol. The quantitative estimate of drug-likeness (QED) is 0.857. The number of hydrogen-bond acceptors (Lipinski definition) is 4. The maximum atomic E-state index is 12.7. The van der Waals surface area contributed by atoms with Crippen LogP contribution in [0.2, 0.25) is 0 Å². The number of aryl methyl sites for hydroxylation is 1. The lowest BCUT2D eigenvalue weighted by atomic mass is 10.2. The minimum absolute atomic E-state index is 0.00414. The van der Waals surface area contributed by atoms with E-state index in [0.717, 1.165) is 17.9 Å². The lowest BCUT2D eigenvalue weighted by Gasteiger charge is -2.31. The maximum Gasteiger partial charge on any atom is 0.246 e. The molecule has 5 nitrogen and oxygen atoms in total. The Hall–Kier alpha value is -1.43. The van der Waals surface area contributed by atoms with E-state index in [0.29, 0.717) is 18.7 Å². The number of amides is 2. The van der Waals surface area contributed by atoms with Crippen molar-refractivity contribution >= 4 is 23.6 Å². The molecule has 1 aromatic heterocycles. The first-order valence-electron chi connectivity index (χ1n) is 7.17. The van der Waals surface area contributed by atoms with Crippen LogP contribution in [0.5, 0.6) is 0 Å². The number of nitrogens with zero attached hydrogens (tertiary/aromatic N) is 2. The third kappa shape index (κ3) is 2.46. The number of thioether (sulfide) groups is 1. The Morgan fingerprint density at radius 1 is 1.57 bits per heavy atom. The molecule has 0 N–H and O–H groups in total. The van der Waals surface area contributed by atoms with Crippen LogP contribution in [0, 0.1) is 6.92 Å². The van der Waals surface area contributed by atoms with E-state index in [1.165, 1.54) is 0 Å². The van der Waals surface area contributed by atoms with Crippen LogP contribution in [-0.4, -0.2) is 45.3 Å². The first kappa shape index (κ1) is 14.5. The van der Waals surface area contributed by atoms with E-state index in [9.17, 15) is 9.59 Å². The van der Waals surface area contributed by atoms with Crippen molar-refractivity contribution < 1.29 is 14.0 Å². The predicted octanol–water partition coefficient (Wildman–Crippen LogP) is 2.00. The normalized spacial score (nSPS) is 28.0. The summed E-state index contributed by atoms with van der Waals surface area (Å²) in [7, 11) is 1.76. The van der Waals surface area contributed by atoms with Gasteiger partial charge in [-0.05, 0) is 32.4 Å². The van der Waals surface area contributed by atoms with Crippen molar-refractivity contribution in [3.05, 3.63) is 23.7 Å². The van der Waals surface area contributed by atoms with Gasteiger partial charge in [-0.3, -0.25) is 9.59 Å². The summed E-state index contributed by atoms with van der Waals surface area (Å²) in [4.78, 5) is 28.0. The molecule has 2 amide bonds. The van der Waals surface area contributed by atoms with E-state index < -0.39 is 0 Å². The van der Waals surface area contributed by atoms with Crippen molar-refractivity contribution in [2.45, 2.75) is 44.1 Å². The van der Waals surface area contributed by atoms with E-state index in [-0.39, 0.29) is 22.7 Å². The number of carbonyl (C=O) groups is 2. The summed E-state index contributed by atoms with van der Waals surface area (Å²) in [5.74, 6) is 2.38. The highest BCUT2D eigenvalue weighted by atomic mass is 32.2. The minimum atomic E-state index is -0.337. The summed E-state index contributed by atoms with van der Waals surface area (Å²) in [5.41, 5.74) is 0. The minimum Gasteiger partial charge on any atom is -0.464 e. The van der Waals surface area contributed by atoms with E-state index in [1.807, 2.05) is 19.1 Å². The van der Waals surface area contributed by atoms with Crippen LogP contribution in [0.15, 0.2) is 16.5 Å². The third-order valence-electron chi connectivity index (χ3n) is 4.30. The van der Waals surface area contributed by atoms with Crippen molar-refractivity contribution in [3.8, 4) is 0 Å². The molecule has 0 bridgehead atoms. The fraction of sp³-hybridized carbons (Fsp3) is 0.600. The second-order valence-corrected chi connectivity index (χ2v) is 7.47. The molecule has 2 saturated heterocycles. The molecule has 0 spiro atoms. The van der Waals surface area contributed by atoms with Gasteiger partial charge in [-0.25, -0.2) is 0 Å². The Balaban J connectivity index is 1.71. The highest BCUT2D eigenvalue weighted by molar-refractivity contribution is 8.01. The van der Waals surface area contributed by atoms with Gasteiger partial charge in [-0.15, -0.1) is 11.8 Å². The molecule has 3 heterocycles. The van der Waals surface area contributed by atoms with Gasteiger partial charge >= 0.3 is 0 Å².